The zero-order valence-electron chi connectivity index (χ0n) is 12.8. The van der Waals surface area contributed by atoms with E-state index in [0.717, 1.165) is 32.5 Å². The van der Waals surface area contributed by atoms with Crippen LogP contribution in [0, 0.1) is 13.8 Å². The third-order valence-electron chi connectivity index (χ3n) is 3.70. The molecule has 3 nitrogen and oxygen atoms in total. The summed E-state index contributed by atoms with van der Waals surface area (Å²) < 4.78 is 2.17. The highest BCUT2D eigenvalue weighted by Gasteiger charge is 2.10. The maximum absolute atomic E-state index is 4.70. The molecule has 0 saturated carbocycles. The van der Waals surface area contributed by atoms with Gasteiger partial charge < -0.3 is 5.32 Å². The lowest BCUT2D eigenvalue weighted by atomic mass is 10.1. The second kappa shape index (κ2) is 7.60. The van der Waals surface area contributed by atoms with E-state index in [9.17, 15) is 0 Å². The van der Waals surface area contributed by atoms with Gasteiger partial charge in [0.1, 0.15) is 0 Å². The Kier molecular flexibility index (Phi) is 5.80. The largest absolute Gasteiger partial charge is 0.316 e. The van der Waals surface area contributed by atoms with Crippen molar-refractivity contribution in [1.29, 1.82) is 0 Å². The molecule has 0 atom stereocenters. The predicted molar refractivity (Wildman–Crippen MR) is 86.6 cm³/mol. The van der Waals surface area contributed by atoms with Crippen molar-refractivity contribution < 1.29 is 0 Å². The number of nitrogens with zero attached hydrogens (tertiary/aromatic N) is 2. The molecule has 0 aliphatic heterocycles. The summed E-state index contributed by atoms with van der Waals surface area (Å²) in [6.07, 6.45) is 3.34. The van der Waals surface area contributed by atoms with Gasteiger partial charge in [0, 0.05) is 12.2 Å². The van der Waals surface area contributed by atoms with Crippen LogP contribution >= 0.6 is 11.3 Å². The van der Waals surface area contributed by atoms with Gasteiger partial charge in [0.05, 0.1) is 5.69 Å². The molecule has 2 rings (SSSR count). The van der Waals surface area contributed by atoms with Crippen molar-refractivity contribution in [3.63, 3.8) is 0 Å². The Labute approximate surface area is 126 Å². The van der Waals surface area contributed by atoms with Crippen LogP contribution in [-0.4, -0.2) is 22.9 Å². The van der Waals surface area contributed by atoms with Gasteiger partial charge in [-0.3, -0.25) is 4.68 Å². The highest BCUT2D eigenvalue weighted by molar-refractivity contribution is 7.07. The molecule has 0 spiro atoms. The monoisotopic (exact) mass is 291 g/mol. The number of aryl methyl sites for hydroxylation is 3. The number of hydrogen-bond acceptors (Lipinski definition) is 3. The van der Waals surface area contributed by atoms with Crippen molar-refractivity contribution in [2.75, 3.05) is 13.1 Å². The SMILES string of the molecule is CCCNCCc1c(C)nn(CCc2ccsc2)c1C. The Morgan fingerprint density at radius 2 is 2.10 bits per heavy atom. The zero-order chi connectivity index (χ0) is 14.4. The van der Waals surface area contributed by atoms with E-state index in [1.165, 1.54) is 28.9 Å². The molecule has 0 aromatic carbocycles. The Bertz CT molecular complexity index is 514. The van der Waals surface area contributed by atoms with Gasteiger partial charge in [0.25, 0.3) is 0 Å². The van der Waals surface area contributed by atoms with Crippen LogP contribution in [0.4, 0.5) is 0 Å². The van der Waals surface area contributed by atoms with Gasteiger partial charge in [-0.2, -0.15) is 16.4 Å². The molecule has 0 bridgehead atoms. The summed E-state index contributed by atoms with van der Waals surface area (Å²) in [6.45, 7) is 9.65. The van der Waals surface area contributed by atoms with Crippen molar-refractivity contribution in [3.05, 3.63) is 39.3 Å². The summed E-state index contributed by atoms with van der Waals surface area (Å²) in [4.78, 5) is 0. The van der Waals surface area contributed by atoms with Crippen LogP contribution < -0.4 is 5.32 Å². The van der Waals surface area contributed by atoms with Crippen LogP contribution in [0.2, 0.25) is 0 Å². The fraction of sp³-hybridized carbons (Fsp3) is 0.562. The van der Waals surface area contributed by atoms with Gasteiger partial charge in [-0.25, -0.2) is 0 Å². The topological polar surface area (TPSA) is 29.9 Å². The van der Waals surface area contributed by atoms with E-state index in [4.69, 9.17) is 5.10 Å². The van der Waals surface area contributed by atoms with E-state index < -0.39 is 0 Å². The summed E-state index contributed by atoms with van der Waals surface area (Å²) in [7, 11) is 0. The number of thiophene rings is 1. The van der Waals surface area contributed by atoms with Crippen molar-refractivity contribution in [2.45, 2.75) is 46.6 Å². The van der Waals surface area contributed by atoms with Crippen molar-refractivity contribution in [2.24, 2.45) is 0 Å². The van der Waals surface area contributed by atoms with Gasteiger partial charge in [-0.15, -0.1) is 0 Å². The summed E-state index contributed by atoms with van der Waals surface area (Å²) in [6, 6.07) is 2.20. The average Bonchev–Trinajstić information content (AvgIpc) is 3.03. The molecule has 2 aromatic heterocycles. The zero-order valence-corrected chi connectivity index (χ0v) is 13.6. The van der Waals surface area contributed by atoms with E-state index in [1.54, 1.807) is 11.3 Å². The molecule has 0 aliphatic rings. The van der Waals surface area contributed by atoms with Crippen molar-refractivity contribution >= 4 is 11.3 Å². The van der Waals surface area contributed by atoms with E-state index in [-0.39, 0.29) is 0 Å². The highest BCUT2D eigenvalue weighted by Crippen LogP contribution is 2.15. The van der Waals surface area contributed by atoms with E-state index in [0.29, 0.717) is 0 Å². The van der Waals surface area contributed by atoms with E-state index in [2.05, 4.69) is 47.6 Å². The predicted octanol–water partition coefficient (Wildman–Crippen LogP) is 3.35. The number of aromatic nitrogens is 2. The molecule has 110 valence electrons. The van der Waals surface area contributed by atoms with Crippen LogP contribution in [0.15, 0.2) is 16.8 Å². The quantitative estimate of drug-likeness (QED) is 0.756. The first-order valence-electron chi connectivity index (χ1n) is 7.47. The first-order chi connectivity index (χ1) is 9.72. The number of rotatable bonds is 8. The lowest BCUT2D eigenvalue weighted by Gasteiger charge is -2.06. The summed E-state index contributed by atoms with van der Waals surface area (Å²) in [5.41, 5.74) is 5.34. The summed E-state index contributed by atoms with van der Waals surface area (Å²) >= 11 is 1.77. The molecule has 2 heterocycles. The first kappa shape index (κ1) is 15.3. The van der Waals surface area contributed by atoms with Gasteiger partial charge >= 0.3 is 0 Å². The maximum atomic E-state index is 4.70. The Hall–Kier alpha value is -1.13. The van der Waals surface area contributed by atoms with Gasteiger partial charge in [0.2, 0.25) is 0 Å². The van der Waals surface area contributed by atoms with E-state index >= 15 is 0 Å². The van der Waals surface area contributed by atoms with Crippen LogP contribution in [0.5, 0.6) is 0 Å². The molecular weight excluding hydrogens is 266 g/mol. The van der Waals surface area contributed by atoms with Crippen LogP contribution in [0.3, 0.4) is 0 Å². The van der Waals surface area contributed by atoms with Gasteiger partial charge in [-0.1, -0.05) is 6.92 Å². The van der Waals surface area contributed by atoms with Crippen LogP contribution in [0.25, 0.3) is 0 Å². The fourth-order valence-electron chi connectivity index (χ4n) is 2.50. The lowest BCUT2D eigenvalue weighted by molar-refractivity contribution is 0.593. The minimum absolute atomic E-state index is 0.978. The Balaban J connectivity index is 1.93. The first-order valence-corrected chi connectivity index (χ1v) is 8.41. The lowest BCUT2D eigenvalue weighted by Crippen LogP contribution is -2.18. The molecule has 0 aliphatic carbocycles. The van der Waals surface area contributed by atoms with E-state index in [1.807, 2.05) is 0 Å². The Morgan fingerprint density at radius 3 is 2.80 bits per heavy atom. The highest BCUT2D eigenvalue weighted by atomic mass is 32.1. The third kappa shape index (κ3) is 3.93. The van der Waals surface area contributed by atoms with Crippen molar-refractivity contribution in [3.8, 4) is 0 Å². The molecule has 1 N–H and O–H groups in total. The molecule has 2 aromatic rings. The molecule has 0 unspecified atom stereocenters. The average molecular weight is 291 g/mol. The minimum atomic E-state index is 0.978. The smallest absolute Gasteiger partial charge is 0.0628 e. The third-order valence-corrected chi connectivity index (χ3v) is 4.43. The fourth-order valence-corrected chi connectivity index (χ4v) is 3.20. The Morgan fingerprint density at radius 1 is 1.25 bits per heavy atom. The molecule has 0 amide bonds. The molecule has 0 saturated heterocycles. The summed E-state index contributed by atoms with van der Waals surface area (Å²) in [5.74, 6) is 0. The number of hydrogen-bond donors (Lipinski definition) is 1. The second-order valence-corrected chi connectivity index (χ2v) is 6.03. The molecular formula is C16H25N3S. The number of nitrogens with one attached hydrogen (secondary N) is 1. The molecule has 4 heteroatoms. The standard InChI is InChI=1S/C16H25N3S/c1-4-8-17-9-5-16-13(2)18-19(14(16)3)10-6-15-7-11-20-12-15/h7,11-12,17H,4-6,8-10H2,1-3H3. The molecule has 0 radical (unpaired) electrons. The van der Waals surface area contributed by atoms with Gasteiger partial charge in [0.15, 0.2) is 0 Å². The molecule has 0 fully saturated rings. The van der Waals surface area contributed by atoms with Gasteiger partial charge in [-0.05, 0) is 74.2 Å². The maximum Gasteiger partial charge on any atom is 0.0628 e. The second-order valence-electron chi connectivity index (χ2n) is 5.25. The van der Waals surface area contributed by atoms with Crippen LogP contribution in [0.1, 0.15) is 35.9 Å². The van der Waals surface area contributed by atoms with Crippen LogP contribution in [-0.2, 0) is 19.4 Å². The normalized spacial score (nSPS) is 11.2. The molecule has 20 heavy (non-hydrogen) atoms. The summed E-state index contributed by atoms with van der Waals surface area (Å²) in [5, 5.41) is 12.5. The van der Waals surface area contributed by atoms with Crippen molar-refractivity contribution in [1.82, 2.24) is 15.1 Å². The minimum Gasteiger partial charge on any atom is -0.316 e.